The van der Waals surface area contributed by atoms with Crippen molar-refractivity contribution in [3.8, 4) is 0 Å². The summed E-state index contributed by atoms with van der Waals surface area (Å²) in [5.74, 6) is -1.32. The molecule has 0 radical (unpaired) electrons. The minimum atomic E-state index is -1.03. The zero-order chi connectivity index (χ0) is 15.1. The molecule has 0 saturated carbocycles. The van der Waals surface area contributed by atoms with Gasteiger partial charge in [-0.3, -0.25) is 9.69 Å². The van der Waals surface area contributed by atoms with Crippen LogP contribution in [0.5, 0.6) is 0 Å². The number of hydrogen-bond donors (Lipinski definition) is 1. The minimum absolute atomic E-state index is 0. The first-order valence-corrected chi connectivity index (χ1v) is 7.14. The number of nitrogens with zero attached hydrogens (tertiary/aromatic N) is 2. The Hall–Kier alpha value is -0.873. The molecule has 0 fully saturated rings. The number of rotatable bonds is 2. The standard InChI is InChI=1S/C13H18N2O4S.Li.H/c1-13(2,3)19-12(18)8-5-7-9(6-15(8)4)20-10(14-7)11(16)17;;/h8H,5-6H2,1-4H3,(H,16,17);;. The van der Waals surface area contributed by atoms with E-state index >= 15 is 0 Å². The van der Waals surface area contributed by atoms with Crippen molar-refractivity contribution in [1.82, 2.24) is 9.88 Å². The van der Waals surface area contributed by atoms with Crippen LogP contribution in [0.15, 0.2) is 0 Å². The summed E-state index contributed by atoms with van der Waals surface area (Å²) >= 11 is 1.17. The van der Waals surface area contributed by atoms with Gasteiger partial charge in [0.2, 0.25) is 5.01 Å². The van der Waals surface area contributed by atoms with Crippen LogP contribution < -0.4 is 0 Å². The number of hydrogen-bond acceptors (Lipinski definition) is 6. The number of carbonyl (C=O) groups excluding carboxylic acids is 1. The summed E-state index contributed by atoms with van der Waals surface area (Å²) in [4.78, 5) is 30.0. The quantitative estimate of drug-likeness (QED) is 0.646. The van der Waals surface area contributed by atoms with Crippen molar-refractivity contribution in [3.05, 3.63) is 15.6 Å². The number of likely N-dealkylation sites (N-methyl/N-ethyl adjacent to an activating group) is 1. The third-order valence-corrected chi connectivity index (χ3v) is 4.02. The molecule has 1 aliphatic rings. The van der Waals surface area contributed by atoms with Gasteiger partial charge in [-0.15, -0.1) is 11.3 Å². The number of thiazole rings is 1. The van der Waals surface area contributed by atoms with Crippen LogP contribution in [0.25, 0.3) is 0 Å². The fourth-order valence-electron chi connectivity index (χ4n) is 2.07. The summed E-state index contributed by atoms with van der Waals surface area (Å²) in [6.07, 6.45) is 0.393. The molecule has 1 atom stereocenters. The first kappa shape index (κ1) is 18.2. The van der Waals surface area contributed by atoms with E-state index in [9.17, 15) is 9.59 Å². The Labute approximate surface area is 139 Å². The second-order valence-electron chi connectivity index (χ2n) is 5.86. The molecule has 1 N–H and O–H groups in total. The Morgan fingerprint density at radius 1 is 1.43 bits per heavy atom. The average Bonchev–Trinajstić information content (AvgIpc) is 2.68. The average molecular weight is 306 g/mol. The van der Waals surface area contributed by atoms with E-state index < -0.39 is 17.6 Å². The van der Waals surface area contributed by atoms with Gasteiger partial charge < -0.3 is 9.84 Å². The number of carboxylic acids is 1. The Bertz CT molecular complexity index is 553. The van der Waals surface area contributed by atoms with Crippen molar-refractivity contribution in [2.24, 2.45) is 0 Å². The van der Waals surface area contributed by atoms with Crippen LogP contribution in [0.3, 0.4) is 0 Å². The van der Waals surface area contributed by atoms with E-state index in [0.717, 1.165) is 4.88 Å². The van der Waals surface area contributed by atoms with E-state index in [1.54, 1.807) is 0 Å². The molecule has 112 valence electrons. The van der Waals surface area contributed by atoms with Crippen LogP contribution >= 0.6 is 11.3 Å². The predicted molar refractivity (Wildman–Crippen MR) is 81.0 cm³/mol. The van der Waals surface area contributed by atoms with Gasteiger partial charge in [-0.05, 0) is 27.8 Å². The van der Waals surface area contributed by atoms with E-state index in [1.807, 2.05) is 32.7 Å². The van der Waals surface area contributed by atoms with Gasteiger partial charge in [-0.25, -0.2) is 9.78 Å². The maximum absolute atomic E-state index is 12.2. The van der Waals surface area contributed by atoms with Crippen molar-refractivity contribution in [2.75, 3.05) is 7.05 Å². The van der Waals surface area contributed by atoms with Crippen molar-refractivity contribution < 1.29 is 19.4 Å². The van der Waals surface area contributed by atoms with Gasteiger partial charge in [0, 0.05) is 17.8 Å². The van der Waals surface area contributed by atoms with Crippen molar-refractivity contribution in [1.29, 1.82) is 0 Å². The molecular weight excluding hydrogens is 287 g/mol. The molecule has 0 aromatic carbocycles. The number of aromatic nitrogens is 1. The van der Waals surface area contributed by atoms with Crippen molar-refractivity contribution in [3.63, 3.8) is 0 Å². The Morgan fingerprint density at radius 2 is 2.05 bits per heavy atom. The first-order chi connectivity index (χ1) is 9.17. The fourth-order valence-corrected chi connectivity index (χ4v) is 3.06. The number of carboxylic acid groups (broad SMARTS) is 1. The summed E-state index contributed by atoms with van der Waals surface area (Å²) in [7, 11) is 1.83. The van der Waals surface area contributed by atoms with Crippen molar-refractivity contribution in [2.45, 2.75) is 45.4 Å². The van der Waals surface area contributed by atoms with Gasteiger partial charge in [-0.2, -0.15) is 0 Å². The predicted octanol–water partition coefficient (Wildman–Crippen LogP) is 0.891. The molecule has 0 spiro atoms. The third kappa shape index (κ3) is 4.30. The molecule has 1 unspecified atom stereocenters. The molecule has 2 heterocycles. The number of esters is 1. The Balaban J connectivity index is 0.00000220. The van der Waals surface area contributed by atoms with E-state index in [0.29, 0.717) is 18.7 Å². The van der Waals surface area contributed by atoms with Crippen LogP contribution in [-0.2, 0) is 22.5 Å². The van der Waals surface area contributed by atoms with E-state index in [1.165, 1.54) is 11.3 Å². The van der Waals surface area contributed by atoms with Crippen LogP contribution in [0.4, 0.5) is 0 Å². The molecule has 0 bridgehead atoms. The number of fused-ring (bicyclic) bond motifs is 1. The van der Waals surface area contributed by atoms with Crippen LogP contribution in [-0.4, -0.2) is 64.5 Å². The third-order valence-electron chi connectivity index (χ3n) is 2.95. The van der Waals surface area contributed by atoms with E-state index in [2.05, 4.69) is 4.98 Å². The van der Waals surface area contributed by atoms with Crippen LogP contribution in [0, 0.1) is 0 Å². The topological polar surface area (TPSA) is 79.7 Å². The molecular formula is C13H19LiN2O4S. The summed E-state index contributed by atoms with van der Waals surface area (Å²) in [6.45, 7) is 5.99. The molecule has 0 saturated heterocycles. The monoisotopic (exact) mass is 306 g/mol. The maximum atomic E-state index is 12.2. The molecule has 0 amide bonds. The molecule has 2 rings (SSSR count). The Kier molecular flexibility index (Phi) is 5.61. The zero-order valence-corrected chi connectivity index (χ0v) is 12.8. The molecule has 1 aliphatic heterocycles. The normalized spacial score (nSPS) is 18.6. The fraction of sp³-hybridized carbons (Fsp3) is 0.615. The second kappa shape index (κ2) is 6.49. The van der Waals surface area contributed by atoms with E-state index in [4.69, 9.17) is 9.84 Å². The summed E-state index contributed by atoms with van der Waals surface area (Å²) in [5, 5.41) is 9.05. The van der Waals surface area contributed by atoms with E-state index in [-0.39, 0.29) is 29.8 Å². The number of ether oxygens (including phenoxy) is 1. The van der Waals surface area contributed by atoms with Crippen LogP contribution in [0.1, 0.15) is 41.1 Å². The summed E-state index contributed by atoms with van der Waals surface area (Å²) in [6, 6.07) is -0.412. The number of aromatic carboxylic acids is 1. The molecule has 0 aliphatic carbocycles. The van der Waals surface area contributed by atoms with Crippen molar-refractivity contribution >= 4 is 42.1 Å². The molecule has 1 aromatic rings. The molecule has 6 nitrogen and oxygen atoms in total. The van der Waals surface area contributed by atoms with Gasteiger partial charge in [0.1, 0.15) is 11.6 Å². The second-order valence-corrected chi connectivity index (χ2v) is 6.95. The SMILES string of the molecule is CN1Cc2sc(C(=O)O)nc2CC1C(=O)OC(C)(C)C.[LiH]. The zero-order valence-electron chi connectivity index (χ0n) is 12.0. The summed E-state index contributed by atoms with van der Waals surface area (Å²) in [5.41, 5.74) is 0.160. The summed E-state index contributed by atoms with van der Waals surface area (Å²) < 4.78 is 5.40. The van der Waals surface area contributed by atoms with Gasteiger partial charge in [0.05, 0.1) is 5.69 Å². The number of carbonyl (C=O) groups is 2. The van der Waals surface area contributed by atoms with Crippen LogP contribution in [0.2, 0.25) is 0 Å². The molecule has 21 heavy (non-hydrogen) atoms. The molecule has 8 heteroatoms. The Morgan fingerprint density at radius 3 is 2.57 bits per heavy atom. The van der Waals surface area contributed by atoms with Gasteiger partial charge >= 0.3 is 30.8 Å². The van der Waals surface area contributed by atoms with Gasteiger partial charge in [0.25, 0.3) is 0 Å². The van der Waals surface area contributed by atoms with Gasteiger partial charge in [0.15, 0.2) is 0 Å². The first-order valence-electron chi connectivity index (χ1n) is 6.32. The molecule has 1 aromatic heterocycles. The van der Waals surface area contributed by atoms with Gasteiger partial charge in [-0.1, -0.05) is 0 Å².